The van der Waals surface area contributed by atoms with E-state index < -0.39 is 0 Å². The van der Waals surface area contributed by atoms with Crippen LogP contribution in [0, 0.1) is 19.7 Å². The third kappa shape index (κ3) is 5.78. The van der Waals surface area contributed by atoms with Crippen LogP contribution < -0.4 is 15.4 Å². The number of ether oxygens (including phenoxy) is 1. The van der Waals surface area contributed by atoms with Gasteiger partial charge in [0.15, 0.2) is 0 Å². The maximum absolute atomic E-state index is 13.0. The van der Waals surface area contributed by atoms with Gasteiger partial charge >= 0.3 is 0 Å². The number of hydrogen-bond acceptors (Lipinski definition) is 4. The molecule has 1 heterocycles. The van der Waals surface area contributed by atoms with E-state index in [0.29, 0.717) is 41.4 Å². The molecule has 4 rings (SSSR count). The van der Waals surface area contributed by atoms with Gasteiger partial charge in [-0.25, -0.2) is 4.39 Å². The van der Waals surface area contributed by atoms with Crippen molar-refractivity contribution in [2.45, 2.75) is 27.0 Å². The van der Waals surface area contributed by atoms with Gasteiger partial charge in [0.1, 0.15) is 18.2 Å². The topological polar surface area (TPSA) is 85.3 Å². The van der Waals surface area contributed by atoms with E-state index in [1.165, 1.54) is 12.1 Å². The minimum absolute atomic E-state index is 0.147. The highest BCUT2D eigenvalue weighted by Crippen LogP contribution is 2.22. The summed E-state index contributed by atoms with van der Waals surface area (Å²) in [5.41, 5.74) is 5.07. The van der Waals surface area contributed by atoms with E-state index in [1.54, 1.807) is 37.4 Å². The molecule has 0 aliphatic heterocycles. The Morgan fingerprint density at radius 2 is 1.64 bits per heavy atom. The highest BCUT2D eigenvalue weighted by molar-refractivity contribution is 6.04. The molecule has 8 heteroatoms. The van der Waals surface area contributed by atoms with Crippen molar-refractivity contribution in [3.05, 3.63) is 112 Å². The Morgan fingerprint density at radius 3 is 2.33 bits per heavy atom. The van der Waals surface area contributed by atoms with E-state index in [4.69, 9.17) is 4.74 Å². The van der Waals surface area contributed by atoms with Gasteiger partial charge in [-0.05, 0) is 73.5 Å². The number of nitrogens with one attached hydrogen (secondary N) is 2. The summed E-state index contributed by atoms with van der Waals surface area (Å²) in [4.78, 5) is 24.8. The van der Waals surface area contributed by atoms with Crippen LogP contribution in [0.3, 0.4) is 0 Å². The van der Waals surface area contributed by atoms with Gasteiger partial charge in [0.25, 0.3) is 11.8 Å². The lowest BCUT2D eigenvalue weighted by atomic mass is 10.1. The van der Waals surface area contributed by atoms with Crippen LogP contribution >= 0.6 is 0 Å². The molecule has 0 spiro atoms. The van der Waals surface area contributed by atoms with Gasteiger partial charge in [-0.3, -0.25) is 14.3 Å². The Kier molecular flexibility index (Phi) is 7.44. The average molecular weight is 487 g/mol. The number of amides is 2. The molecule has 0 saturated heterocycles. The summed E-state index contributed by atoms with van der Waals surface area (Å²) in [6.07, 6.45) is 0. The fourth-order valence-electron chi connectivity index (χ4n) is 3.80. The number of hydrogen-bond donors (Lipinski definition) is 2. The molecule has 184 valence electrons. The molecule has 0 fully saturated rings. The van der Waals surface area contributed by atoms with Crippen molar-refractivity contribution in [3.8, 4) is 5.75 Å². The number of nitrogens with zero attached hydrogens (tertiary/aromatic N) is 2. The molecule has 0 bridgehead atoms. The number of benzene rings is 3. The number of carbonyl (C=O) groups is 2. The predicted molar refractivity (Wildman–Crippen MR) is 136 cm³/mol. The quantitative estimate of drug-likeness (QED) is 0.372. The first-order valence-electron chi connectivity index (χ1n) is 11.5. The van der Waals surface area contributed by atoms with Gasteiger partial charge in [-0.1, -0.05) is 24.3 Å². The highest BCUT2D eigenvalue weighted by atomic mass is 19.1. The first-order valence-corrected chi connectivity index (χ1v) is 11.5. The van der Waals surface area contributed by atoms with Crippen LogP contribution in [0.1, 0.15) is 43.2 Å². The second kappa shape index (κ2) is 10.9. The van der Waals surface area contributed by atoms with Gasteiger partial charge in [-0.15, -0.1) is 0 Å². The zero-order valence-electron chi connectivity index (χ0n) is 20.3. The number of aryl methyl sites for hydroxylation is 1. The first kappa shape index (κ1) is 24.7. The van der Waals surface area contributed by atoms with E-state index in [0.717, 1.165) is 16.8 Å². The van der Waals surface area contributed by atoms with E-state index >= 15 is 0 Å². The molecule has 0 aliphatic carbocycles. The largest absolute Gasteiger partial charge is 0.489 e. The molecule has 7 nitrogen and oxygen atoms in total. The van der Waals surface area contributed by atoms with Crippen molar-refractivity contribution in [1.29, 1.82) is 0 Å². The van der Waals surface area contributed by atoms with Gasteiger partial charge < -0.3 is 15.4 Å². The van der Waals surface area contributed by atoms with Crippen molar-refractivity contribution >= 4 is 17.5 Å². The zero-order valence-corrected chi connectivity index (χ0v) is 20.3. The minimum Gasteiger partial charge on any atom is -0.489 e. The second-order valence-corrected chi connectivity index (χ2v) is 8.38. The monoisotopic (exact) mass is 486 g/mol. The van der Waals surface area contributed by atoms with Crippen LogP contribution in [0.4, 0.5) is 10.1 Å². The Bertz CT molecular complexity index is 1380. The Hall–Kier alpha value is -4.46. The lowest BCUT2D eigenvalue weighted by Gasteiger charge is -2.09. The number of anilines is 1. The lowest BCUT2D eigenvalue weighted by Crippen LogP contribution is -2.18. The predicted octanol–water partition coefficient (Wildman–Crippen LogP) is 4.88. The maximum atomic E-state index is 13.0. The van der Waals surface area contributed by atoms with Crippen LogP contribution in [-0.4, -0.2) is 28.6 Å². The van der Waals surface area contributed by atoms with Crippen LogP contribution in [0.25, 0.3) is 0 Å². The number of rotatable bonds is 8. The maximum Gasteiger partial charge on any atom is 0.255 e. The van der Waals surface area contributed by atoms with Gasteiger partial charge in [0.05, 0.1) is 23.6 Å². The number of halogens is 1. The summed E-state index contributed by atoms with van der Waals surface area (Å²) >= 11 is 0. The van der Waals surface area contributed by atoms with Gasteiger partial charge in [-0.2, -0.15) is 5.10 Å². The molecule has 3 aromatic carbocycles. The SMILES string of the molecule is CNC(=O)c1cccc(Cn2nc(C)c(NC(=O)c3ccc(COc4ccc(F)cc4)cc3)c2C)c1. The molecule has 0 aliphatic rings. The highest BCUT2D eigenvalue weighted by Gasteiger charge is 2.16. The lowest BCUT2D eigenvalue weighted by molar-refractivity contribution is 0.0962. The molecule has 0 unspecified atom stereocenters. The summed E-state index contributed by atoms with van der Waals surface area (Å²) < 4.78 is 20.5. The molecule has 2 N–H and O–H groups in total. The van der Waals surface area contributed by atoms with Crippen LogP contribution in [0.2, 0.25) is 0 Å². The van der Waals surface area contributed by atoms with Crippen LogP contribution in [0.15, 0.2) is 72.8 Å². The number of aromatic nitrogens is 2. The van der Waals surface area contributed by atoms with Crippen molar-refractivity contribution in [2.75, 3.05) is 12.4 Å². The van der Waals surface area contributed by atoms with E-state index in [1.807, 2.05) is 48.9 Å². The summed E-state index contributed by atoms with van der Waals surface area (Å²) in [6, 6.07) is 20.3. The third-order valence-electron chi connectivity index (χ3n) is 5.80. The zero-order chi connectivity index (χ0) is 25.7. The Balaban J connectivity index is 1.41. The number of carbonyl (C=O) groups excluding carboxylic acids is 2. The molecule has 0 saturated carbocycles. The molecular weight excluding hydrogens is 459 g/mol. The normalized spacial score (nSPS) is 10.7. The van der Waals surface area contributed by atoms with Crippen molar-refractivity contribution < 1.29 is 18.7 Å². The van der Waals surface area contributed by atoms with Crippen LogP contribution in [-0.2, 0) is 13.2 Å². The van der Waals surface area contributed by atoms with E-state index in [-0.39, 0.29) is 17.6 Å². The van der Waals surface area contributed by atoms with E-state index in [9.17, 15) is 14.0 Å². The fourth-order valence-corrected chi connectivity index (χ4v) is 3.80. The summed E-state index contributed by atoms with van der Waals surface area (Å²) in [5.74, 6) is -0.134. The van der Waals surface area contributed by atoms with Crippen molar-refractivity contribution in [3.63, 3.8) is 0 Å². The van der Waals surface area contributed by atoms with E-state index in [2.05, 4.69) is 15.7 Å². The molecule has 36 heavy (non-hydrogen) atoms. The summed E-state index contributed by atoms with van der Waals surface area (Å²) in [6.45, 7) is 4.51. The molecule has 0 atom stereocenters. The molecular formula is C28H27FN4O3. The summed E-state index contributed by atoms with van der Waals surface area (Å²) in [7, 11) is 1.60. The average Bonchev–Trinajstić information content (AvgIpc) is 3.15. The standard InChI is InChI=1S/C28H27FN4O3/c1-18-26(19(2)33(32-18)16-21-5-4-6-23(15-21)27(34)30-3)31-28(35)22-9-7-20(8-10-22)17-36-25-13-11-24(29)12-14-25/h4-15H,16-17H2,1-3H3,(H,30,34)(H,31,35). The second-order valence-electron chi connectivity index (χ2n) is 8.38. The summed E-state index contributed by atoms with van der Waals surface area (Å²) in [5, 5.41) is 10.2. The van der Waals surface area contributed by atoms with Crippen molar-refractivity contribution in [2.24, 2.45) is 0 Å². The third-order valence-corrected chi connectivity index (χ3v) is 5.80. The first-order chi connectivity index (χ1) is 17.3. The Labute approximate surface area is 208 Å². The molecule has 2 amide bonds. The molecule has 0 radical (unpaired) electrons. The van der Waals surface area contributed by atoms with Crippen molar-refractivity contribution in [1.82, 2.24) is 15.1 Å². The molecule has 4 aromatic rings. The van der Waals surface area contributed by atoms with Crippen LogP contribution in [0.5, 0.6) is 5.75 Å². The van der Waals surface area contributed by atoms with Gasteiger partial charge in [0, 0.05) is 18.2 Å². The molecule has 1 aromatic heterocycles. The smallest absolute Gasteiger partial charge is 0.255 e. The Morgan fingerprint density at radius 1 is 0.917 bits per heavy atom. The fraction of sp³-hybridized carbons (Fsp3) is 0.179. The van der Waals surface area contributed by atoms with Gasteiger partial charge in [0.2, 0.25) is 0 Å². The minimum atomic E-state index is -0.316.